The van der Waals surface area contributed by atoms with Crippen LogP contribution in [-0.4, -0.2) is 6.10 Å². The van der Waals surface area contributed by atoms with Crippen LogP contribution in [0.4, 0.5) is 0 Å². The molecule has 3 aliphatic carbocycles. The summed E-state index contributed by atoms with van der Waals surface area (Å²) in [6, 6.07) is 13.0. The van der Waals surface area contributed by atoms with E-state index in [1.807, 2.05) is 0 Å². The molecular weight excluding hydrogens is 256 g/mol. The second kappa shape index (κ2) is 3.71. The van der Waals surface area contributed by atoms with Crippen LogP contribution in [0.15, 0.2) is 42.0 Å². The molecule has 1 nitrogen and oxygen atoms in total. The van der Waals surface area contributed by atoms with Crippen molar-refractivity contribution in [2.45, 2.75) is 32.8 Å². The molecule has 3 atom stereocenters. The second-order valence-electron chi connectivity index (χ2n) is 7.50. The van der Waals surface area contributed by atoms with E-state index < -0.39 is 0 Å². The van der Waals surface area contributed by atoms with Crippen LogP contribution in [0.25, 0.3) is 16.8 Å². The highest BCUT2D eigenvalue weighted by atomic mass is 16.5. The van der Waals surface area contributed by atoms with E-state index in [1.54, 1.807) is 5.57 Å². The van der Waals surface area contributed by atoms with Crippen molar-refractivity contribution in [3.63, 3.8) is 0 Å². The molecule has 0 saturated heterocycles. The van der Waals surface area contributed by atoms with Gasteiger partial charge in [0.25, 0.3) is 0 Å². The molecule has 21 heavy (non-hydrogen) atoms. The summed E-state index contributed by atoms with van der Waals surface area (Å²) in [6.07, 6.45) is 5.30. The molecule has 0 amide bonds. The van der Waals surface area contributed by atoms with Crippen molar-refractivity contribution < 1.29 is 4.74 Å². The fraction of sp³-hybridized carbons (Fsp3) is 0.400. The van der Waals surface area contributed by atoms with Crippen LogP contribution in [0.2, 0.25) is 0 Å². The van der Waals surface area contributed by atoms with Gasteiger partial charge < -0.3 is 4.74 Å². The summed E-state index contributed by atoms with van der Waals surface area (Å²) in [4.78, 5) is 0. The first kappa shape index (κ1) is 11.9. The highest BCUT2D eigenvalue weighted by Crippen LogP contribution is 2.63. The molecule has 1 heteroatoms. The summed E-state index contributed by atoms with van der Waals surface area (Å²) in [7, 11) is 0. The predicted molar refractivity (Wildman–Crippen MR) is 86.3 cm³/mol. The van der Waals surface area contributed by atoms with E-state index in [2.05, 4.69) is 56.3 Å². The smallest absolute Gasteiger partial charge is 0.135 e. The number of rotatable bonds is 0. The fourth-order valence-corrected chi connectivity index (χ4v) is 4.74. The maximum Gasteiger partial charge on any atom is 0.135 e. The molecule has 2 bridgehead atoms. The van der Waals surface area contributed by atoms with E-state index in [9.17, 15) is 0 Å². The van der Waals surface area contributed by atoms with Crippen molar-refractivity contribution in [2.75, 3.05) is 0 Å². The highest BCUT2D eigenvalue weighted by molar-refractivity contribution is 5.92. The summed E-state index contributed by atoms with van der Waals surface area (Å²) >= 11 is 0. The zero-order valence-corrected chi connectivity index (χ0v) is 12.6. The van der Waals surface area contributed by atoms with Crippen molar-refractivity contribution in [3.8, 4) is 5.75 Å². The normalized spacial score (nSPS) is 31.5. The van der Waals surface area contributed by atoms with Gasteiger partial charge in [0, 0.05) is 10.9 Å². The van der Waals surface area contributed by atoms with E-state index in [1.165, 1.54) is 29.2 Å². The minimum absolute atomic E-state index is 0.320. The molecule has 1 aliphatic heterocycles. The number of hydrogen-bond acceptors (Lipinski definition) is 1. The summed E-state index contributed by atoms with van der Waals surface area (Å²) < 4.78 is 6.48. The third-order valence-electron chi connectivity index (χ3n) is 6.24. The van der Waals surface area contributed by atoms with Gasteiger partial charge in [-0.3, -0.25) is 0 Å². The lowest BCUT2D eigenvalue weighted by atomic mass is 9.46. The molecule has 2 aromatic carbocycles. The summed E-state index contributed by atoms with van der Waals surface area (Å²) in [6.45, 7) is 4.86. The van der Waals surface area contributed by atoms with Gasteiger partial charge in [-0.15, -0.1) is 0 Å². The molecule has 2 aromatic rings. The Morgan fingerprint density at radius 2 is 1.90 bits per heavy atom. The van der Waals surface area contributed by atoms with Crippen molar-refractivity contribution in [2.24, 2.45) is 17.3 Å². The van der Waals surface area contributed by atoms with Crippen LogP contribution >= 0.6 is 0 Å². The first-order valence-electron chi connectivity index (χ1n) is 8.04. The third-order valence-corrected chi connectivity index (χ3v) is 6.24. The van der Waals surface area contributed by atoms with Gasteiger partial charge in [0.1, 0.15) is 11.9 Å². The van der Waals surface area contributed by atoms with E-state index in [4.69, 9.17) is 4.74 Å². The Morgan fingerprint density at radius 1 is 1.05 bits per heavy atom. The van der Waals surface area contributed by atoms with Gasteiger partial charge in [0.2, 0.25) is 0 Å². The lowest BCUT2D eigenvalue weighted by Gasteiger charge is -2.60. The lowest BCUT2D eigenvalue weighted by molar-refractivity contribution is -0.0647. The first-order valence-corrected chi connectivity index (χ1v) is 8.04. The monoisotopic (exact) mass is 276 g/mol. The number of fused-ring (bicyclic) bond motifs is 3. The molecule has 0 spiro atoms. The number of hydrogen-bond donors (Lipinski definition) is 0. The number of ether oxygens (including phenoxy) is 1. The molecule has 0 radical (unpaired) electrons. The molecule has 3 saturated carbocycles. The van der Waals surface area contributed by atoms with E-state index in [0.717, 1.165) is 17.6 Å². The van der Waals surface area contributed by atoms with Gasteiger partial charge in [0.05, 0.1) is 0 Å². The molecule has 6 rings (SSSR count). The Balaban J connectivity index is 1.70. The van der Waals surface area contributed by atoms with Crippen LogP contribution in [0.3, 0.4) is 0 Å². The van der Waals surface area contributed by atoms with Gasteiger partial charge in [-0.05, 0) is 47.1 Å². The molecule has 0 aromatic heterocycles. The minimum Gasteiger partial charge on any atom is -0.485 e. The lowest BCUT2D eigenvalue weighted by Crippen LogP contribution is -2.55. The summed E-state index contributed by atoms with van der Waals surface area (Å²) in [5.74, 6) is 2.66. The minimum atomic E-state index is 0.320. The van der Waals surface area contributed by atoms with Gasteiger partial charge in [-0.25, -0.2) is 0 Å². The van der Waals surface area contributed by atoms with Gasteiger partial charge >= 0.3 is 0 Å². The average Bonchev–Trinajstić information content (AvgIpc) is 2.52. The standard InChI is InChI=1S/C20H20O/c1-20(2)14-10-17(20)16-9-13-8-7-12-5-3-4-6-15(12)19(13)21-18(16)11-14/h3-9,14,17-18H,10-11H2,1-2H3/t14-,17+,18?/m1/s1. The fourth-order valence-electron chi connectivity index (χ4n) is 4.74. The molecular formula is C20H20O. The van der Waals surface area contributed by atoms with Crippen LogP contribution in [0, 0.1) is 17.3 Å². The van der Waals surface area contributed by atoms with Crippen LogP contribution in [0.5, 0.6) is 5.75 Å². The van der Waals surface area contributed by atoms with Crippen LogP contribution in [0.1, 0.15) is 32.3 Å². The largest absolute Gasteiger partial charge is 0.485 e. The van der Waals surface area contributed by atoms with Crippen LogP contribution in [-0.2, 0) is 0 Å². The molecule has 0 N–H and O–H groups in total. The van der Waals surface area contributed by atoms with E-state index in [0.29, 0.717) is 11.5 Å². The van der Waals surface area contributed by atoms with Crippen molar-refractivity contribution in [1.82, 2.24) is 0 Å². The topological polar surface area (TPSA) is 9.23 Å². The quantitative estimate of drug-likeness (QED) is 0.654. The SMILES string of the molecule is CC1(C)[C@H]2CC3Oc4c(ccc5ccccc45)C=C3[C@@H]1C2. The average molecular weight is 276 g/mol. The molecule has 4 aliphatic rings. The Labute approximate surface area is 125 Å². The first-order chi connectivity index (χ1) is 10.1. The summed E-state index contributed by atoms with van der Waals surface area (Å²) in [5, 5.41) is 2.53. The molecule has 1 heterocycles. The Hall–Kier alpha value is -1.76. The molecule has 3 fully saturated rings. The van der Waals surface area contributed by atoms with Gasteiger partial charge in [0.15, 0.2) is 0 Å². The summed E-state index contributed by atoms with van der Waals surface area (Å²) in [5.41, 5.74) is 3.28. The van der Waals surface area contributed by atoms with Crippen molar-refractivity contribution in [1.29, 1.82) is 0 Å². The van der Waals surface area contributed by atoms with E-state index >= 15 is 0 Å². The second-order valence-corrected chi connectivity index (χ2v) is 7.50. The Bertz CT molecular complexity index is 784. The number of benzene rings is 2. The predicted octanol–water partition coefficient (Wildman–Crippen LogP) is 5.05. The molecule has 1 unspecified atom stereocenters. The van der Waals surface area contributed by atoms with Crippen LogP contribution < -0.4 is 4.74 Å². The van der Waals surface area contributed by atoms with Crippen molar-refractivity contribution >= 4 is 16.8 Å². The van der Waals surface area contributed by atoms with Gasteiger partial charge in [-0.2, -0.15) is 0 Å². The zero-order chi connectivity index (χ0) is 14.2. The maximum atomic E-state index is 6.48. The highest BCUT2D eigenvalue weighted by Gasteiger charge is 2.56. The zero-order valence-electron chi connectivity index (χ0n) is 12.6. The molecule has 106 valence electrons. The van der Waals surface area contributed by atoms with Crippen molar-refractivity contribution in [3.05, 3.63) is 47.5 Å². The maximum absolute atomic E-state index is 6.48. The Morgan fingerprint density at radius 3 is 2.76 bits per heavy atom. The third kappa shape index (κ3) is 1.42. The van der Waals surface area contributed by atoms with Gasteiger partial charge in [-0.1, -0.05) is 50.2 Å². The Kier molecular flexibility index (Phi) is 2.09. The van der Waals surface area contributed by atoms with E-state index in [-0.39, 0.29) is 0 Å².